The minimum absolute atomic E-state index is 0.00697. The smallest absolute Gasteiger partial charge is 0.309 e. The predicted octanol–water partition coefficient (Wildman–Crippen LogP) is 3.87. The molecule has 2 aromatic rings. The molecular weight excluding hydrogens is 586 g/mol. The fourth-order valence-electron chi connectivity index (χ4n) is 8.06. The van der Waals surface area contributed by atoms with Gasteiger partial charge < -0.3 is 28.8 Å². The van der Waals surface area contributed by atoms with E-state index in [0.717, 1.165) is 22.3 Å². The lowest BCUT2D eigenvalue weighted by Crippen LogP contribution is -2.69. The summed E-state index contributed by atoms with van der Waals surface area (Å²) in [6.07, 6.45) is 0.542. The molecule has 7 atom stereocenters. The van der Waals surface area contributed by atoms with Crippen molar-refractivity contribution >= 4 is 23.7 Å². The van der Waals surface area contributed by atoms with Gasteiger partial charge in [-0.2, -0.15) is 17.0 Å². The Bertz CT molecular complexity index is 1640. The number of aromatic hydroxyl groups is 1. The molecule has 11 nitrogen and oxygen atoms in total. The average Bonchev–Trinajstić information content (AvgIpc) is 3.47. The van der Waals surface area contributed by atoms with Crippen LogP contribution in [-0.4, -0.2) is 78.3 Å². The highest BCUT2D eigenvalue weighted by molar-refractivity contribution is 7.99. The van der Waals surface area contributed by atoms with Crippen LogP contribution in [0.25, 0.3) is 0 Å². The topological polar surface area (TPSA) is 131 Å². The Morgan fingerprint density at radius 3 is 2.61 bits per heavy atom. The normalized spacial score (nSPS) is 30.4. The van der Waals surface area contributed by atoms with Crippen LogP contribution in [-0.2, 0) is 20.7 Å². The summed E-state index contributed by atoms with van der Waals surface area (Å²) < 4.78 is 29.6. The highest BCUT2D eigenvalue weighted by atomic mass is 32.2. The van der Waals surface area contributed by atoms with E-state index in [4.69, 9.17) is 23.7 Å². The van der Waals surface area contributed by atoms with Crippen molar-refractivity contribution in [1.29, 1.82) is 5.26 Å². The maximum Gasteiger partial charge on any atom is 0.309 e. The van der Waals surface area contributed by atoms with Gasteiger partial charge in [0.25, 0.3) is 0 Å². The van der Waals surface area contributed by atoms with Crippen molar-refractivity contribution in [1.82, 2.24) is 9.80 Å². The van der Waals surface area contributed by atoms with Gasteiger partial charge in [-0.05, 0) is 38.4 Å². The van der Waals surface area contributed by atoms with Crippen molar-refractivity contribution in [3.05, 3.63) is 39.4 Å². The Hall–Kier alpha value is -3.66. The SMILES string of the molecule is COc1c(C)cc2c(c1O)[C@H]1C3[C@@H]4SC[C@H](C)C(=O)OC[C@H](c5c6c(c(C)c(OC(C)=O)c54)OCO6)N3[C@@H](C#N)[C@H](C2)N1C. The Labute approximate surface area is 259 Å². The number of esters is 2. The number of cyclic esters (lactones) is 1. The number of carbonyl (C=O) groups is 2. The lowest BCUT2D eigenvalue weighted by molar-refractivity contribution is -0.153. The molecule has 0 amide bonds. The van der Waals surface area contributed by atoms with Gasteiger partial charge in [0, 0.05) is 47.0 Å². The van der Waals surface area contributed by atoms with Crippen LogP contribution in [0.3, 0.4) is 0 Å². The summed E-state index contributed by atoms with van der Waals surface area (Å²) in [6.45, 7) is 6.93. The first-order valence-electron chi connectivity index (χ1n) is 14.8. The van der Waals surface area contributed by atoms with Crippen LogP contribution in [0, 0.1) is 31.1 Å². The van der Waals surface area contributed by atoms with Gasteiger partial charge in [-0.25, -0.2) is 0 Å². The number of aryl methyl sites for hydroxylation is 1. The molecule has 2 aromatic carbocycles. The van der Waals surface area contributed by atoms with Crippen LogP contribution in [0.4, 0.5) is 0 Å². The molecule has 5 aliphatic rings. The van der Waals surface area contributed by atoms with Gasteiger partial charge in [-0.1, -0.05) is 13.0 Å². The Balaban J connectivity index is 1.56. The number of methoxy groups -OCH3 is 1. The standard InChI is InChI=1S/C32H35N3O8S/c1-13-7-17-8-18-19(9-33)35-20-10-40-32(38)14(2)11-44-31(25(35)24(34(18)5)21(17)26(37)27(13)39-6)23-22(20)30-29(41-12-42-30)15(3)28(23)43-16(4)36/h7,14,18-20,24-25,31,37H,8,10-12H2,1-6H3/t14-,18-,19-,20+,24-,25?,31+/m0/s1. The van der Waals surface area contributed by atoms with Gasteiger partial charge in [0.2, 0.25) is 6.79 Å². The van der Waals surface area contributed by atoms with Crippen LogP contribution >= 0.6 is 11.8 Å². The number of benzene rings is 2. The molecule has 7 rings (SSSR count). The summed E-state index contributed by atoms with van der Waals surface area (Å²) in [5.41, 5.74) is 4.70. The summed E-state index contributed by atoms with van der Waals surface area (Å²) in [5, 5.41) is 22.2. The van der Waals surface area contributed by atoms with Crippen LogP contribution < -0.4 is 18.9 Å². The Morgan fingerprint density at radius 2 is 1.91 bits per heavy atom. The molecule has 0 radical (unpaired) electrons. The summed E-state index contributed by atoms with van der Waals surface area (Å²) in [5.74, 6) is 1.17. The lowest BCUT2D eigenvalue weighted by atomic mass is 9.71. The maximum absolute atomic E-state index is 13.1. The molecule has 232 valence electrons. The van der Waals surface area contributed by atoms with Crippen molar-refractivity contribution in [2.24, 2.45) is 5.92 Å². The van der Waals surface area contributed by atoms with E-state index in [1.54, 1.807) is 18.9 Å². The summed E-state index contributed by atoms with van der Waals surface area (Å²) in [7, 11) is 3.55. The number of nitriles is 1. The number of nitrogens with zero attached hydrogens (tertiary/aromatic N) is 3. The number of likely N-dealkylation sites (N-methyl/N-ethyl adjacent to an activating group) is 1. The van der Waals surface area contributed by atoms with Crippen molar-refractivity contribution in [2.75, 3.05) is 33.3 Å². The minimum Gasteiger partial charge on any atom is -0.504 e. The molecule has 0 aromatic heterocycles. The third-order valence-corrected chi connectivity index (χ3v) is 11.4. The number of piperazine rings is 1. The fourth-order valence-corrected chi connectivity index (χ4v) is 9.58. The van der Waals surface area contributed by atoms with Gasteiger partial charge in [0.1, 0.15) is 18.4 Å². The second-order valence-electron chi connectivity index (χ2n) is 12.3. The number of rotatable bonds is 2. The summed E-state index contributed by atoms with van der Waals surface area (Å²) >= 11 is 1.57. The van der Waals surface area contributed by atoms with E-state index in [1.165, 1.54) is 6.92 Å². The number of hydrogen-bond acceptors (Lipinski definition) is 12. The molecule has 4 bridgehead atoms. The van der Waals surface area contributed by atoms with Gasteiger partial charge in [-0.3, -0.25) is 19.4 Å². The Morgan fingerprint density at radius 1 is 1.16 bits per heavy atom. The predicted molar refractivity (Wildman–Crippen MR) is 159 cm³/mol. The molecule has 0 saturated carbocycles. The van der Waals surface area contributed by atoms with Gasteiger partial charge in [0.05, 0.1) is 36.4 Å². The number of hydrogen-bond donors (Lipinski definition) is 1. The molecule has 1 unspecified atom stereocenters. The zero-order valence-corrected chi connectivity index (χ0v) is 26.3. The number of phenols is 1. The van der Waals surface area contributed by atoms with E-state index < -0.39 is 18.1 Å². The van der Waals surface area contributed by atoms with E-state index in [0.29, 0.717) is 46.3 Å². The quantitative estimate of drug-likeness (QED) is 0.386. The van der Waals surface area contributed by atoms with Crippen LogP contribution in [0.5, 0.6) is 28.7 Å². The highest BCUT2D eigenvalue weighted by Crippen LogP contribution is 2.64. The zero-order chi connectivity index (χ0) is 31.2. The molecule has 0 aliphatic carbocycles. The molecule has 2 saturated heterocycles. The second-order valence-corrected chi connectivity index (χ2v) is 13.5. The summed E-state index contributed by atoms with van der Waals surface area (Å²) in [4.78, 5) is 30.0. The van der Waals surface area contributed by atoms with Gasteiger partial charge in [-0.15, -0.1) is 0 Å². The fraction of sp³-hybridized carbons (Fsp3) is 0.531. The molecule has 0 spiro atoms. The summed E-state index contributed by atoms with van der Waals surface area (Å²) in [6, 6.07) is 2.50. The van der Waals surface area contributed by atoms with E-state index >= 15 is 0 Å². The first-order chi connectivity index (χ1) is 21.1. The van der Waals surface area contributed by atoms with E-state index in [-0.39, 0.29) is 54.4 Å². The van der Waals surface area contributed by atoms with Crippen LogP contribution in [0.15, 0.2) is 6.07 Å². The van der Waals surface area contributed by atoms with Gasteiger partial charge in [0.15, 0.2) is 23.0 Å². The molecule has 44 heavy (non-hydrogen) atoms. The van der Waals surface area contributed by atoms with Gasteiger partial charge >= 0.3 is 11.9 Å². The molecular formula is C32H35N3O8S. The van der Waals surface area contributed by atoms with Crippen molar-refractivity contribution in [3.8, 4) is 34.8 Å². The minimum atomic E-state index is -0.606. The monoisotopic (exact) mass is 621 g/mol. The molecule has 2 fully saturated rings. The first kappa shape index (κ1) is 29.1. The molecule has 1 N–H and O–H groups in total. The number of fused-ring (bicyclic) bond motifs is 9. The number of thioether (sulfide) groups is 1. The van der Waals surface area contributed by atoms with Crippen molar-refractivity contribution < 1.29 is 38.4 Å². The second kappa shape index (κ2) is 10.5. The number of phenolic OH excluding ortho intramolecular Hbond substituents is 1. The lowest BCUT2D eigenvalue weighted by Gasteiger charge is -2.61. The van der Waals surface area contributed by atoms with Crippen LogP contribution in [0.2, 0.25) is 0 Å². The molecule has 5 aliphatic heterocycles. The Kier molecular flexibility index (Phi) is 6.91. The zero-order valence-electron chi connectivity index (χ0n) is 25.5. The van der Waals surface area contributed by atoms with E-state index in [9.17, 15) is 20.0 Å². The number of ether oxygens (including phenoxy) is 5. The third kappa shape index (κ3) is 3.95. The largest absolute Gasteiger partial charge is 0.504 e. The highest BCUT2D eigenvalue weighted by Gasteiger charge is 2.60. The molecule has 5 heterocycles. The van der Waals surface area contributed by atoms with Crippen molar-refractivity contribution in [3.63, 3.8) is 0 Å². The van der Waals surface area contributed by atoms with Crippen LogP contribution in [0.1, 0.15) is 64.6 Å². The average molecular weight is 622 g/mol. The van der Waals surface area contributed by atoms with Crippen molar-refractivity contribution in [2.45, 2.75) is 69.6 Å². The number of carbonyl (C=O) groups excluding carboxylic acids is 2. The first-order valence-corrected chi connectivity index (χ1v) is 15.8. The maximum atomic E-state index is 13.1. The van der Waals surface area contributed by atoms with E-state index in [1.807, 2.05) is 27.8 Å². The van der Waals surface area contributed by atoms with E-state index in [2.05, 4.69) is 21.9 Å². The molecule has 12 heteroatoms. The third-order valence-electron chi connectivity index (χ3n) is 9.86.